The van der Waals surface area contributed by atoms with E-state index >= 15 is 0 Å². The molecule has 2 rings (SSSR count). The minimum absolute atomic E-state index is 0.0648. The average Bonchev–Trinajstić information content (AvgIpc) is 2.59. The summed E-state index contributed by atoms with van der Waals surface area (Å²) in [6.07, 6.45) is 1.44. The Hall–Kier alpha value is -1.44. The number of nitrogens with one attached hydrogen (secondary N) is 1. The fourth-order valence-electron chi connectivity index (χ4n) is 1.34. The number of amides is 1. The predicted octanol–water partition coefficient (Wildman–Crippen LogP) is -0.130. The Morgan fingerprint density at radius 1 is 1.06 bits per heavy atom. The summed E-state index contributed by atoms with van der Waals surface area (Å²) in [5.74, 6) is -0.550. The summed E-state index contributed by atoms with van der Waals surface area (Å²) in [6.45, 7) is 0.390. The van der Waals surface area contributed by atoms with Crippen molar-refractivity contribution in [1.29, 1.82) is 0 Å². The van der Waals surface area contributed by atoms with Gasteiger partial charge < -0.3 is 10.2 Å². The maximum absolute atomic E-state index is 11.1. The van der Waals surface area contributed by atoms with Crippen molar-refractivity contribution in [1.82, 2.24) is 4.72 Å². The van der Waals surface area contributed by atoms with Crippen LogP contribution in [0, 0.1) is 0 Å². The van der Waals surface area contributed by atoms with Gasteiger partial charge in [0, 0.05) is 13.2 Å². The van der Waals surface area contributed by atoms with Crippen molar-refractivity contribution in [3.05, 3.63) is 29.8 Å². The summed E-state index contributed by atoms with van der Waals surface area (Å²) < 4.78 is 24.2. The number of carbonyl (C=O) groups excluding carboxylic acids is 1. The molecule has 0 bridgehead atoms. The van der Waals surface area contributed by atoms with Crippen LogP contribution in [0.15, 0.2) is 29.2 Å². The maximum atomic E-state index is 11.1. The van der Waals surface area contributed by atoms with Gasteiger partial charge in [-0.1, -0.05) is 12.1 Å². The van der Waals surface area contributed by atoms with Crippen molar-refractivity contribution in [3.8, 4) is 0 Å². The molecule has 0 spiro atoms. The zero-order valence-electron chi connectivity index (χ0n) is 9.67. The van der Waals surface area contributed by atoms with E-state index in [1.165, 1.54) is 12.1 Å². The summed E-state index contributed by atoms with van der Waals surface area (Å²) in [5.41, 5.74) is 0.220. The Kier molecular flexibility index (Phi) is 5.26. The lowest BCUT2D eigenvalue weighted by Crippen LogP contribution is -2.20. The van der Waals surface area contributed by atoms with Crippen molar-refractivity contribution in [2.24, 2.45) is 0 Å². The normalized spacial score (nSPS) is 15.3. The zero-order valence-corrected chi connectivity index (χ0v) is 10.5. The maximum Gasteiger partial charge on any atom is 0.266 e. The van der Waals surface area contributed by atoms with Crippen LogP contribution < -0.4 is 4.72 Å². The number of aliphatic hydroxyl groups excluding tert-OH is 2. The molecule has 100 valence electrons. The summed E-state index contributed by atoms with van der Waals surface area (Å²) in [5, 5.41) is 16.2. The molecule has 3 N–H and O–H groups in total. The molecule has 1 aromatic carbocycles. The third-order valence-electron chi connectivity index (χ3n) is 2.21. The largest absolute Gasteiger partial charge is 0.396 e. The topological polar surface area (TPSA) is 104 Å². The number of hydrogen-bond donors (Lipinski definition) is 3. The molecule has 7 heteroatoms. The SMILES string of the molecule is O=C1NS(=O)(=O)c2ccccc21.OCCCCO. The first-order valence-corrected chi connectivity index (χ1v) is 6.89. The van der Waals surface area contributed by atoms with Crippen molar-refractivity contribution in [2.75, 3.05) is 13.2 Å². The van der Waals surface area contributed by atoms with Crippen molar-refractivity contribution >= 4 is 15.9 Å². The molecule has 0 fully saturated rings. The minimum Gasteiger partial charge on any atom is -0.396 e. The van der Waals surface area contributed by atoms with Gasteiger partial charge >= 0.3 is 0 Å². The number of aliphatic hydroxyl groups is 2. The Morgan fingerprint density at radius 3 is 2.11 bits per heavy atom. The predicted molar refractivity (Wildman–Crippen MR) is 64.5 cm³/mol. The van der Waals surface area contributed by atoms with Crippen LogP contribution in [0.3, 0.4) is 0 Å². The molecule has 1 amide bonds. The van der Waals surface area contributed by atoms with Crippen LogP contribution in [-0.4, -0.2) is 37.8 Å². The van der Waals surface area contributed by atoms with E-state index in [0.29, 0.717) is 0 Å². The number of unbranched alkanes of at least 4 members (excludes halogenated alkanes) is 1. The van der Waals surface area contributed by atoms with Gasteiger partial charge in [-0.15, -0.1) is 0 Å². The highest BCUT2D eigenvalue weighted by Crippen LogP contribution is 2.20. The highest BCUT2D eigenvalue weighted by atomic mass is 32.2. The quantitative estimate of drug-likeness (QED) is 0.666. The lowest BCUT2D eigenvalue weighted by molar-refractivity contribution is 0.0985. The number of hydrogen-bond acceptors (Lipinski definition) is 5. The van der Waals surface area contributed by atoms with Gasteiger partial charge in [0.2, 0.25) is 0 Å². The minimum atomic E-state index is -3.55. The molecule has 0 aliphatic carbocycles. The molecule has 0 radical (unpaired) electrons. The van der Waals surface area contributed by atoms with Crippen molar-refractivity contribution in [3.63, 3.8) is 0 Å². The van der Waals surface area contributed by atoms with E-state index in [-0.39, 0.29) is 23.7 Å². The average molecular weight is 273 g/mol. The van der Waals surface area contributed by atoms with Crippen molar-refractivity contribution < 1.29 is 23.4 Å². The molecule has 1 aliphatic heterocycles. The summed E-state index contributed by atoms with van der Waals surface area (Å²) in [6, 6.07) is 6.09. The standard InChI is InChI=1S/C7H5NO3S.C4H10O2/c9-7-5-3-1-2-4-6(5)12(10,11)8-7;5-3-1-2-4-6/h1-4H,(H,8,9);5-6H,1-4H2. The van der Waals surface area contributed by atoms with E-state index in [1.54, 1.807) is 12.1 Å². The van der Waals surface area contributed by atoms with Crippen molar-refractivity contribution in [2.45, 2.75) is 17.7 Å². The van der Waals surface area contributed by atoms with Gasteiger partial charge in [-0.2, -0.15) is 0 Å². The smallest absolute Gasteiger partial charge is 0.266 e. The van der Waals surface area contributed by atoms with Gasteiger partial charge in [0.15, 0.2) is 0 Å². The molecule has 0 aromatic heterocycles. The van der Waals surface area contributed by atoms with Gasteiger partial charge in [-0.3, -0.25) is 4.79 Å². The fraction of sp³-hybridized carbons (Fsp3) is 0.364. The first-order chi connectivity index (χ1) is 8.53. The highest BCUT2D eigenvalue weighted by molar-refractivity contribution is 7.90. The molecule has 1 aliphatic rings. The Balaban J connectivity index is 0.000000232. The van der Waals surface area contributed by atoms with Crippen LogP contribution in [0.5, 0.6) is 0 Å². The third kappa shape index (κ3) is 3.52. The molecule has 1 aromatic rings. The molecule has 0 unspecified atom stereocenters. The molecular weight excluding hydrogens is 258 g/mol. The molecule has 0 atom stereocenters. The van der Waals surface area contributed by atoms with Gasteiger partial charge in [0.1, 0.15) is 4.90 Å². The van der Waals surface area contributed by atoms with Crippen LogP contribution in [0.2, 0.25) is 0 Å². The van der Waals surface area contributed by atoms with E-state index < -0.39 is 15.9 Å². The number of rotatable bonds is 3. The van der Waals surface area contributed by atoms with E-state index in [0.717, 1.165) is 12.8 Å². The van der Waals surface area contributed by atoms with Crippen LogP contribution in [0.4, 0.5) is 0 Å². The molecule has 0 saturated carbocycles. The first kappa shape index (κ1) is 14.6. The Bertz CT molecular complexity index is 508. The Labute approximate surface area is 105 Å². The summed E-state index contributed by atoms with van der Waals surface area (Å²) >= 11 is 0. The van der Waals surface area contributed by atoms with E-state index in [2.05, 4.69) is 0 Å². The molecule has 1 heterocycles. The van der Waals surface area contributed by atoms with Gasteiger partial charge in [0.05, 0.1) is 5.56 Å². The second-order valence-corrected chi connectivity index (χ2v) is 5.24. The number of carbonyl (C=O) groups is 1. The third-order valence-corrected chi connectivity index (χ3v) is 3.60. The number of sulfonamides is 1. The molecule has 0 saturated heterocycles. The Morgan fingerprint density at radius 2 is 1.61 bits per heavy atom. The van der Waals surface area contributed by atoms with Crippen LogP contribution >= 0.6 is 0 Å². The second kappa shape index (κ2) is 6.48. The van der Waals surface area contributed by atoms with E-state index in [4.69, 9.17) is 10.2 Å². The van der Waals surface area contributed by atoms with Crippen LogP contribution in [0.1, 0.15) is 23.2 Å². The highest BCUT2D eigenvalue weighted by Gasteiger charge is 2.31. The first-order valence-electron chi connectivity index (χ1n) is 5.41. The lowest BCUT2D eigenvalue weighted by Gasteiger charge is -1.91. The summed E-state index contributed by atoms with van der Waals surface area (Å²) in [4.78, 5) is 11.1. The molecular formula is C11H15NO5S. The van der Waals surface area contributed by atoms with Gasteiger partial charge in [0.25, 0.3) is 15.9 Å². The molecule has 6 nitrogen and oxygen atoms in total. The van der Waals surface area contributed by atoms with Gasteiger partial charge in [-0.05, 0) is 25.0 Å². The van der Waals surface area contributed by atoms with Crippen LogP contribution in [0.25, 0.3) is 0 Å². The van der Waals surface area contributed by atoms with E-state index in [9.17, 15) is 13.2 Å². The van der Waals surface area contributed by atoms with Gasteiger partial charge in [-0.25, -0.2) is 13.1 Å². The lowest BCUT2D eigenvalue weighted by atomic mass is 10.2. The fourth-order valence-corrected chi connectivity index (χ4v) is 2.52. The monoisotopic (exact) mass is 273 g/mol. The summed E-state index contributed by atoms with van der Waals surface area (Å²) in [7, 11) is -3.55. The zero-order chi connectivity index (χ0) is 13.6. The second-order valence-electron chi connectivity index (χ2n) is 3.59. The number of fused-ring (bicyclic) bond motifs is 1. The number of benzene rings is 1. The van der Waals surface area contributed by atoms with Crippen LogP contribution in [-0.2, 0) is 10.0 Å². The molecule has 18 heavy (non-hydrogen) atoms. The van der Waals surface area contributed by atoms with E-state index in [1.807, 2.05) is 4.72 Å².